The van der Waals surface area contributed by atoms with Gasteiger partial charge in [0.15, 0.2) is 0 Å². The maximum atomic E-state index is 2.73. The Kier molecular flexibility index (Phi) is 1.03. The number of hydrogen-bond donors (Lipinski definition) is 0. The van der Waals surface area contributed by atoms with E-state index < -0.39 is 0 Å². The molecule has 0 saturated heterocycles. The second-order valence-corrected chi connectivity index (χ2v) is 8.94. The molecule has 0 aliphatic heterocycles. The minimum absolute atomic E-state index is 0.747. The first-order valence-corrected chi connectivity index (χ1v) is 8.08. The Bertz CT molecular complexity index is 461. The first kappa shape index (κ1) is 8.99. The van der Waals surface area contributed by atoms with Crippen LogP contribution in [-0.4, -0.2) is 0 Å². The molecule has 8 saturated carbocycles. The van der Waals surface area contributed by atoms with Gasteiger partial charge in [-0.05, 0) is 76.4 Å². The Hall–Kier alpha value is 0. The Morgan fingerprint density at radius 1 is 0.882 bits per heavy atom. The largest absolute Gasteiger partial charge is 0.0619 e. The molecule has 0 aromatic rings. The van der Waals surface area contributed by atoms with Crippen molar-refractivity contribution in [1.29, 1.82) is 0 Å². The minimum Gasteiger partial charge on any atom is -0.0619 e. The van der Waals surface area contributed by atoms with E-state index in [1.165, 1.54) is 29.6 Å². The summed E-state index contributed by atoms with van der Waals surface area (Å²) < 4.78 is 0. The van der Waals surface area contributed by atoms with Gasteiger partial charge in [-0.2, -0.15) is 0 Å². The van der Waals surface area contributed by atoms with E-state index in [1.54, 1.807) is 6.42 Å². The average molecular weight is 228 g/mol. The van der Waals surface area contributed by atoms with Crippen LogP contribution in [0.25, 0.3) is 0 Å². The summed E-state index contributed by atoms with van der Waals surface area (Å²) in [6, 6.07) is 0. The molecular formula is C17H24. The maximum absolute atomic E-state index is 2.73. The molecule has 0 aromatic heterocycles. The lowest BCUT2D eigenvalue weighted by atomic mass is 9.57. The fourth-order valence-electron chi connectivity index (χ4n) is 10.4. The van der Waals surface area contributed by atoms with Gasteiger partial charge < -0.3 is 0 Å². The molecule has 92 valence electrons. The molecule has 0 aromatic carbocycles. The standard InChI is InChI=1S/C17H24/c1-6-10-5-9-11(6)15-13-8(3)16(4)7(2)12(13)14(9)17(10,15)16/h6-15H,5H2,1-4H3. The van der Waals surface area contributed by atoms with Crippen molar-refractivity contribution in [2.24, 2.45) is 70.0 Å². The van der Waals surface area contributed by atoms with E-state index in [0.29, 0.717) is 0 Å². The third-order valence-electron chi connectivity index (χ3n) is 10.1. The molecule has 0 amide bonds. The van der Waals surface area contributed by atoms with E-state index in [1.807, 2.05) is 0 Å². The highest BCUT2D eigenvalue weighted by Crippen LogP contribution is 2.99. The molecule has 8 aliphatic rings. The molecule has 1 spiro atoms. The molecule has 8 fully saturated rings. The number of hydrogen-bond acceptors (Lipinski definition) is 0. The van der Waals surface area contributed by atoms with Crippen LogP contribution in [0.5, 0.6) is 0 Å². The zero-order valence-corrected chi connectivity index (χ0v) is 11.5. The van der Waals surface area contributed by atoms with Gasteiger partial charge in [-0.3, -0.25) is 0 Å². The van der Waals surface area contributed by atoms with E-state index >= 15 is 0 Å². The van der Waals surface area contributed by atoms with Crippen LogP contribution in [-0.2, 0) is 0 Å². The molecular weight excluding hydrogens is 204 g/mol. The second-order valence-electron chi connectivity index (χ2n) is 8.94. The molecule has 9 bridgehead atoms. The predicted molar refractivity (Wildman–Crippen MR) is 67.1 cm³/mol. The SMILES string of the molecule is CC1C2C3CC1C14C3C3C(C(C)C1(C)C3C)C24. The van der Waals surface area contributed by atoms with E-state index in [-0.39, 0.29) is 0 Å². The fourth-order valence-corrected chi connectivity index (χ4v) is 10.4. The molecule has 0 heterocycles. The highest BCUT2D eigenvalue weighted by Gasteiger charge is 2.96. The van der Waals surface area contributed by atoms with Gasteiger partial charge in [0.25, 0.3) is 0 Å². The summed E-state index contributed by atoms with van der Waals surface area (Å²) in [5.41, 5.74) is 1.62. The van der Waals surface area contributed by atoms with Gasteiger partial charge in [0.1, 0.15) is 0 Å². The maximum Gasteiger partial charge on any atom is -0.0139 e. The van der Waals surface area contributed by atoms with Crippen molar-refractivity contribution in [2.45, 2.75) is 34.1 Å². The van der Waals surface area contributed by atoms with Crippen LogP contribution in [0.3, 0.4) is 0 Å². The van der Waals surface area contributed by atoms with Crippen LogP contribution in [0, 0.1) is 70.0 Å². The smallest absolute Gasteiger partial charge is 0.0139 e. The average Bonchev–Trinajstić information content (AvgIpc) is 3.07. The van der Waals surface area contributed by atoms with Crippen LogP contribution < -0.4 is 0 Å². The highest BCUT2D eigenvalue weighted by molar-refractivity contribution is 5.42. The molecule has 0 nitrogen and oxygen atoms in total. The van der Waals surface area contributed by atoms with Gasteiger partial charge in [-0.1, -0.05) is 27.7 Å². The van der Waals surface area contributed by atoms with Gasteiger partial charge in [-0.25, -0.2) is 0 Å². The van der Waals surface area contributed by atoms with Crippen molar-refractivity contribution in [3.63, 3.8) is 0 Å². The molecule has 8 aliphatic carbocycles. The third-order valence-corrected chi connectivity index (χ3v) is 10.1. The summed E-state index contributed by atoms with van der Waals surface area (Å²) in [6.45, 7) is 10.6. The number of rotatable bonds is 0. The van der Waals surface area contributed by atoms with Crippen LogP contribution >= 0.6 is 0 Å². The van der Waals surface area contributed by atoms with Crippen molar-refractivity contribution >= 4 is 0 Å². The molecule has 12 unspecified atom stereocenters. The zero-order valence-electron chi connectivity index (χ0n) is 11.5. The van der Waals surface area contributed by atoms with Crippen LogP contribution in [0.1, 0.15) is 34.1 Å². The van der Waals surface area contributed by atoms with Gasteiger partial charge in [-0.15, -0.1) is 0 Å². The molecule has 8 rings (SSSR count). The normalized spacial score (nSPS) is 88.2. The predicted octanol–water partition coefficient (Wildman–Crippen LogP) is 3.67. The summed E-state index contributed by atoms with van der Waals surface area (Å²) in [5, 5.41) is 0. The zero-order chi connectivity index (χ0) is 11.5. The van der Waals surface area contributed by atoms with Crippen LogP contribution in [0.2, 0.25) is 0 Å². The van der Waals surface area contributed by atoms with Crippen molar-refractivity contribution in [2.75, 3.05) is 0 Å². The Balaban J connectivity index is 1.74. The fraction of sp³-hybridized carbons (Fsp3) is 1.00. The molecule has 0 N–H and O–H groups in total. The van der Waals surface area contributed by atoms with Crippen molar-refractivity contribution in [3.8, 4) is 0 Å². The summed E-state index contributed by atoms with van der Waals surface area (Å²) >= 11 is 0. The molecule has 12 atom stereocenters. The Labute approximate surface area is 105 Å². The first-order chi connectivity index (χ1) is 8.08. The Morgan fingerprint density at radius 2 is 1.53 bits per heavy atom. The first-order valence-electron chi connectivity index (χ1n) is 8.08. The Morgan fingerprint density at radius 3 is 2.24 bits per heavy atom. The van der Waals surface area contributed by atoms with E-state index in [0.717, 1.165) is 40.4 Å². The van der Waals surface area contributed by atoms with E-state index in [4.69, 9.17) is 0 Å². The summed E-state index contributed by atoms with van der Waals surface area (Å²) in [6.07, 6.45) is 1.64. The highest BCUT2D eigenvalue weighted by atomic mass is 15.0. The lowest BCUT2D eigenvalue weighted by molar-refractivity contribution is -0.00125. The van der Waals surface area contributed by atoms with Gasteiger partial charge in [0.05, 0.1) is 0 Å². The monoisotopic (exact) mass is 228 g/mol. The second kappa shape index (κ2) is 1.95. The van der Waals surface area contributed by atoms with E-state index in [9.17, 15) is 0 Å². The molecule has 0 heteroatoms. The van der Waals surface area contributed by atoms with Gasteiger partial charge >= 0.3 is 0 Å². The lowest BCUT2D eigenvalue weighted by Gasteiger charge is -2.47. The van der Waals surface area contributed by atoms with Crippen LogP contribution in [0.15, 0.2) is 0 Å². The van der Waals surface area contributed by atoms with E-state index in [2.05, 4.69) is 27.7 Å². The topological polar surface area (TPSA) is 0 Å². The summed E-state index contributed by atoms with van der Waals surface area (Å²) in [4.78, 5) is 0. The minimum atomic E-state index is 0.747. The van der Waals surface area contributed by atoms with Gasteiger partial charge in [0.2, 0.25) is 0 Å². The summed E-state index contributed by atoms with van der Waals surface area (Å²) in [5.74, 6) is 11.5. The molecule has 0 radical (unpaired) electrons. The molecule has 17 heavy (non-hydrogen) atoms. The van der Waals surface area contributed by atoms with Gasteiger partial charge in [0, 0.05) is 0 Å². The van der Waals surface area contributed by atoms with Crippen LogP contribution in [0.4, 0.5) is 0 Å². The van der Waals surface area contributed by atoms with Crippen molar-refractivity contribution < 1.29 is 0 Å². The lowest BCUT2D eigenvalue weighted by Crippen LogP contribution is -2.43. The van der Waals surface area contributed by atoms with Crippen molar-refractivity contribution in [3.05, 3.63) is 0 Å². The quantitative estimate of drug-likeness (QED) is 0.593. The summed E-state index contributed by atoms with van der Waals surface area (Å²) in [7, 11) is 0. The third kappa shape index (κ3) is 0.455. The van der Waals surface area contributed by atoms with Crippen molar-refractivity contribution in [1.82, 2.24) is 0 Å².